The van der Waals surface area contributed by atoms with Crippen LogP contribution in [0, 0.1) is 0 Å². The first kappa shape index (κ1) is 9.84. The van der Waals surface area contributed by atoms with E-state index < -0.39 is 0 Å². The van der Waals surface area contributed by atoms with Crippen molar-refractivity contribution >= 4 is 21.6 Å². The average Bonchev–Trinajstić information content (AvgIpc) is 2.62. The zero-order valence-corrected chi connectivity index (χ0v) is 10.0. The third kappa shape index (κ3) is 1.50. The zero-order chi connectivity index (χ0) is 10.1. The minimum Gasteiger partial charge on any atom is -0.496 e. The van der Waals surface area contributed by atoms with E-state index in [1.165, 1.54) is 11.3 Å². The van der Waals surface area contributed by atoms with Gasteiger partial charge in [-0.15, -0.1) is 0 Å². The Bertz CT molecular complexity index is 351. The van der Waals surface area contributed by atoms with Gasteiger partial charge >= 0.3 is 0 Å². The van der Waals surface area contributed by atoms with E-state index in [2.05, 4.69) is 34.2 Å². The fourth-order valence-corrected chi connectivity index (χ4v) is 2.53. The van der Waals surface area contributed by atoms with Crippen molar-refractivity contribution in [1.29, 1.82) is 0 Å². The SMILES string of the molecule is CCC1Cc2c(ccc(OC)c2Br)N1. The molecule has 0 saturated heterocycles. The fourth-order valence-electron chi connectivity index (χ4n) is 1.86. The fraction of sp³-hybridized carbons (Fsp3) is 0.455. The van der Waals surface area contributed by atoms with Gasteiger partial charge in [0.1, 0.15) is 5.75 Å². The molecule has 0 aliphatic carbocycles. The van der Waals surface area contributed by atoms with Crippen molar-refractivity contribution in [3.63, 3.8) is 0 Å². The summed E-state index contributed by atoms with van der Waals surface area (Å²) in [5.74, 6) is 0.919. The van der Waals surface area contributed by atoms with Crippen LogP contribution in [0.3, 0.4) is 0 Å². The van der Waals surface area contributed by atoms with Gasteiger partial charge in [-0.1, -0.05) is 6.92 Å². The number of ether oxygens (including phenoxy) is 1. The summed E-state index contributed by atoms with van der Waals surface area (Å²) >= 11 is 3.58. The molecule has 14 heavy (non-hydrogen) atoms. The van der Waals surface area contributed by atoms with Crippen LogP contribution in [-0.2, 0) is 6.42 Å². The molecule has 0 amide bonds. The third-order valence-electron chi connectivity index (χ3n) is 2.73. The Balaban J connectivity index is 2.38. The van der Waals surface area contributed by atoms with Gasteiger partial charge in [-0.2, -0.15) is 0 Å². The van der Waals surface area contributed by atoms with Crippen LogP contribution in [0.5, 0.6) is 5.75 Å². The van der Waals surface area contributed by atoms with Crippen LogP contribution in [-0.4, -0.2) is 13.2 Å². The summed E-state index contributed by atoms with van der Waals surface area (Å²) in [5, 5.41) is 3.49. The van der Waals surface area contributed by atoms with Crippen molar-refractivity contribution in [2.45, 2.75) is 25.8 Å². The third-order valence-corrected chi connectivity index (χ3v) is 3.60. The van der Waals surface area contributed by atoms with Crippen molar-refractivity contribution in [3.8, 4) is 5.75 Å². The number of methoxy groups -OCH3 is 1. The highest BCUT2D eigenvalue weighted by atomic mass is 79.9. The molecule has 0 spiro atoms. The molecule has 1 unspecified atom stereocenters. The summed E-state index contributed by atoms with van der Waals surface area (Å²) in [6.07, 6.45) is 2.24. The lowest BCUT2D eigenvalue weighted by Gasteiger charge is -2.07. The molecular weight excluding hydrogens is 242 g/mol. The molecule has 3 heteroatoms. The van der Waals surface area contributed by atoms with Gasteiger partial charge in [0, 0.05) is 11.7 Å². The van der Waals surface area contributed by atoms with Crippen LogP contribution >= 0.6 is 15.9 Å². The lowest BCUT2D eigenvalue weighted by molar-refractivity contribution is 0.411. The maximum atomic E-state index is 5.26. The summed E-state index contributed by atoms with van der Waals surface area (Å²) in [6, 6.07) is 4.66. The van der Waals surface area contributed by atoms with Crippen LogP contribution in [0.4, 0.5) is 5.69 Å². The van der Waals surface area contributed by atoms with Crippen LogP contribution in [0.1, 0.15) is 18.9 Å². The first-order valence-corrected chi connectivity index (χ1v) is 5.67. The highest BCUT2D eigenvalue weighted by Gasteiger charge is 2.22. The van der Waals surface area contributed by atoms with E-state index in [4.69, 9.17) is 4.74 Å². The van der Waals surface area contributed by atoms with Crippen LogP contribution in [0.25, 0.3) is 0 Å². The number of hydrogen-bond donors (Lipinski definition) is 1. The largest absolute Gasteiger partial charge is 0.496 e. The van der Waals surface area contributed by atoms with E-state index in [-0.39, 0.29) is 0 Å². The molecular formula is C11H14BrNO. The lowest BCUT2D eigenvalue weighted by Crippen LogP contribution is -2.12. The number of benzene rings is 1. The minimum atomic E-state index is 0.577. The predicted molar refractivity (Wildman–Crippen MR) is 62.1 cm³/mol. The van der Waals surface area contributed by atoms with E-state index in [1.807, 2.05) is 6.07 Å². The Morgan fingerprint density at radius 2 is 2.36 bits per heavy atom. The number of rotatable bonds is 2. The second-order valence-electron chi connectivity index (χ2n) is 3.56. The molecule has 0 aromatic heterocycles. The van der Waals surface area contributed by atoms with Crippen molar-refractivity contribution in [3.05, 3.63) is 22.2 Å². The van der Waals surface area contributed by atoms with E-state index in [1.54, 1.807) is 7.11 Å². The molecule has 1 aromatic rings. The summed E-state index contributed by atoms with van der Waals surface area (Å²) in [6.45, 7) is 2.20. The van der Waals surface area contributed by atoms with Gasteiger partial charge in [0.05, 0.1) is 11.6 Å². The van der Waals surface area contributed by atoms with Gasteiger partial charge < -0.3 is 10.1 Å². The summed E-state index contributed by atoms with van der Waals surface area (Å²) in [7, 11) is 1.70. The molecule has 76 valence electrons. The van der Waals surface area contributed by atoms with Gasteiger partial charge in [0.15, 0.2) is 0 Å². The van der Waals surface area contributed by atoms with Gasteiger partial charge in [0.25, 0.3) is 0 Å². The first-order valence-electron chi connectivity index (χ1n) is 4.88. The molecule has 0 bridgehead atoms. The van der Waals surface area contributed by atoms with E-state index in [0.29, 0.717) is 6.04 Å². The molecule has 1 aliphatic heterocycles. The number of anilines is 1. The molecule has 1 N–H and O–H groups in total. The topological polar surface area (TPSA) is 21.3 Å². The second kappa shape index (κ2) is 3.81. The van der Waals surface area contributed by atoms with Crippen LogP contribution in [0.2, 0.25) is 0 Å². The second-order valence-corrected chi connectivity index (χ2v) is 4.35. The molecule has 1 atom stereocenters. The molecule has 1 aromatic carbocycles. The Morgan fingerprint density at radius 1 is 1.57 bits per heavy atom. The number of hydrogen-bond acceptors (Lipinski definition) is 2. The van der Waals surface area contributed by atoms with Gasteiger partial charge in [-0.05, 0) is 46.5 Å². The number of nitrogens with one attached hydrogen (secondary N) is 1. The van der Waals surface area contributed by atoms with E-state index >= 15 is 0 Å². The van der Waals surface area contributed by atoms with E-state index in [0.717, 1.165) is 23.1 Å². The Morgan fingerprint density at radius 3 is 3.00 bits per heavy atom. The average molecular weight is 256 g/mol. The number of fused-ring (bicyclic) bond motifs is 1. The maximum Gasteiger partial charge on any atom is 0.133 e. The van der Waals surface area contributed by atoms with Crippen LogP contribution in [0.15, 0.2) is 16.6 Å². The van der Waals surface area contributed by atoms with Crippen molar-refractivity contribution in [2.75, 3.05) is 12.4 Å². The van der Waals surface area contributed by atoms with Gasteiger partial charge in [-0.3, -0.25) is 0 Å². The monoisotopic (exact) mass is 255 g/mol. The molecule has 2 nitrogen and oxygen atoms in total. The molecule has 2 rings (SSSR count). The van der Waals surface area contributed by atoms with Crippen molar-refractivity contribution in [1.82, 2.24) is 0 Å². The van der Waals surface area contributed by atoms with E-state index in [9.17, 15) is 0 Å². The number of halogens is 1. The standard InChI is InChI=1S/C11H14BrNO/c1-3-7-6-8-9(13-7)4-5-10(14-2)11(8)12/h4-5,7,13H,3,6H2,1-2H3. The molecule has 1 aliphatic rings. The van der Waals surface area contributed by atoms with Gasteiger partial charge in [-0.25, -0.2) is 0 Å². The highest BCUT2D eigenvalue weighted by Crippen LogP contribution is 2.38. The minimum absolute atomic E-state index is 0.577. The summed E-state index contributed by atoms with van der Waals surface area (Å²) < 4.78 is 6.36. The molecule has 0 saturated carbocycles. The van der Waals surface area contributed by atoms with Crippen molar-refractivity contribution in [2.24, 2.45) is 0 Å². The van der Waals surface area contributed by atoms with Crippen molar-refractivity contribution < 1.29 is 4.74 Å². The molecule has 0 fully saturated rings. The summed E-state index contributed by atoms with van der Waals surface area (Å²) in [5.41, 5.74) is 2.58. The lowest BCUT2D eigenvalue weighted by atomic mass is 10.1. The molecule has 0 radical (unpaired) electrons. The maximum absolute atomic E-state index is 5.26. The highest BCUT2D eigenvalue weighted by molar-refractivity contribution is 9.10. The van der Waals surface area contributed by atoms with Crippen LogP contribution < -0.4 is 10.1 Å². The summed E-state index contributed by atoms with van der Waals surface area (Å²) in [4.78, 5) is 0. The smallest absolute Gasteiger partial charge is 0.133 e. The normalized spacial score (nSPS) is 18.9. The Kier molecular flexibility index (Phi) is 2.68. The Hall–Kier alpha value is -0.700. The van der Waals surface area contributed by atoms with Gasteiger partial charge in [0.2, 0.25) is 0 Å². The Labute approximate surface area is 92.8 Å². The zero-order valence-electron chi connectivity index (χ0n) is 8.43. The predicted octanol–water partition coefficient (Wildman–Crippen LogP) is 3.20. The quantitative estimate of drug-likeness (QED) is 0.877. The molecule has 1 heterocycles. The first-order chi connectivity index (χ1) is 6.76.